The highest BCUT2D eigenvalue weighted by Gasteiger charge is 2.73. The van der Waals surface area contributed by atoms with Crippen molar-refractivity contribution in [2.45, 2.75) is 43.5 Å². The summed E-state index contributed by atoms with van der Waals surface area (Å²) in [7, 11) is 1.52. The SMILES string of the molecule is CO[C@@]12[C@H](COC(N)=O)C3=C(C(=O)C4=C(OC5=C(C4)C(=O)CCC5)C3=O)N1C[C@@H]1N[C@@H]12. The lowest BCUT2D eigenvalue weighted by atomic mass is 9.79. The molecule has 0 bridgehead atoms. The van der Waals surface area contributed by atoms with E-state index >= 15 is 0 Å². The minimum Gasteiger partial charge on any atom is -0.457 e. The van der Waals surface area contributed by atoms with Gasteiger partial charge in [-0.1, -0.05) is 0 Å². The molecule has 6 rings (SSSR count). The molecule has 1 amide bonds. The molecule has 2 fully saturated rings. The number of nitrogens with one attached hydrogen (secondary N) is 1. The van der Waals surface area contributed by atoms with Gasteiger partial charge >= 0.3 is 6.09 Å². The number of methoxy groups -OCH3 is 1. The number of carbonyl (C=O) groups excluding carboxylic acids is 4. The van der Waals surface area contributed by atoms with Gasteiger partial charge in [0, 0.05) is 50.1 Å². The molecule has 0 saturated carbocycles. The standard InChI is InChI=1S/C21H21N3O7/c1-29-21-10(7-30-20(22)28)14-15(24(21)6-11-19(21)23-11)16(26)9-5-8-12(25)3-2-4-13(8)31-18(9)17(14)27/h10-11,19,23H,2-7H2,1H3,(H2,22,28)/t10-,11+,19+,21-/m1/s1. The minimum absolute atomic E-state index is 0.0194. The number of piperazine rings is 1. The highest BCUT2D eigenvalue weighted by atomic mass is 16.6. The molecular formula is C21H21N3O7. The zero-order valence-corrected chi connectivity index (χ0v) is 16.9. The number of rotatable bonds is 3. The van der Waals surface area contributed by atoms with Gasteiger partial charge in [-0.15, -0.1) is 0 Å². The number of ketones is 3. The van der Waals surface area contributed by atoms with Crippen molar-refractivity contribution in [1.29, 1.82) is 0 Å². The zero-order chi connectivity index (χ0) is 21.7. The van der Waals surface area contributed by atoms with Crippen molar-refractivity contribution in [3.8, 4) is 0 Å². The number of amides is 1. The van der Waals surface area contributed by atoms with Gasteiger partial charge in [0.25, 0.3) is 0 Å². The molecule has 10 nitrogen and oxygen atoms in total. The van der Waals surface area contributed by atoms with Gasteiger partial charge < -0.3 is 30.2 Å². The van der Waals surface area contributed by atoms with Crippen molar-refractivity contribution in [2.24, 2.45) is 11.7 Å². The van der Waals surface area contributed by atoms with Crippen LogP contribution in [0.25, 0.3) is 0 Å². The van der Waals surface area contributed by atoms with Crippen molar-refractivity contribution < 1.29 is 33.4 Å². The Morgan fingerprint density at radius 3 is 2.81 bits per heavy atom. The molecule has 2 saturated heterocycles. The third kappa shape index (κ3) is 2.23. The monoisotopic (exact) mass is 427 g/mol. The lowest BCUT2D eigenvalue weighted by Gasteiger charge is -2.39. The van der Waals surface area contributed by atoms with E-state index < -0.39 is 23.5 Å². The molecule has 0 unspecified atom stereocenters. The average molecular weight is 427 g/mol. The summed E-state index contributed by atoms with van der Waals surface area (Å²) in [6.45, 7) is 0.289. The van der Waals surface area contributed by atoms with E-state index in [1.807, 2.05) is 4.90 Å². The molecule has 0 aromatic heterocycles. The van der Waals surface area contributed by atoms with Crippen molar-refractivity contribution in [3.05, 3.63) is 33.9 Å². The van der Waals surface area contributed by atoms with Crippen molar-refractivity contribution in [1.82, 2.24) is 10.2 Å². The average Bonchev–Trinajstić information content (AvgIpc) is 3.36. The summed E-state index contributed by atoms with van der Waals surface area (Å²) >= 11 is 0. The van der Waals surface area contributed by atoms with Gasteiger partial charge in [-0.05, 0) is 6.42 Å². The van der Waals surface area contributed by atoms with E-state index in [1.54, 1.807) is 0 Å². The molecule has 0 aromatic carbocycles. The predicted octanol–water partition coefficient (Wildman–Crippen LogP) is -0.202. The summed E-state index contributed by atoms with van der Waals surface area (Å²) < 4.78 is 16.9. The van der Waals surface area contributed by atoms with E-state index in [9.17, 15) is 19.2 Å². The Bertz CT molecular complexity index is 1090. The highest BCUT2D eigenvalue weighted by Crippen LogP contribution is 2.56. The molecule has 4 heterocycles. The molecule has 10 heteroatoms. The van der Waals surface area contributed by atoms with E-state index in [1.165, 1.54) is 7.11 Å². The van der Waals surface area contributed by atoms with Gasteiger partial charge in [-0.2, -0.15) is 0 Å². The van der Waals surface area contributed by atoms with Gasteiger partial charge in [0.1, 0.15) is 12.4 Å². The number of ether oxygens (including phenoxy) is 3. The van der Waals surface area contributed by atoms with Crippen LogP contribution >= 0.6 is 0 Å². The predicted molar refractivity (Wildman–Crippen MR) is 102 cm³/mol. The summed E-state index contributed by atoms with van der Waals surface area (Å²) in [6.07, 6.45) is 0.763. The third-order valence-electron chi connectivity index (χ3n) is 7.30. The topological polar surface area (TPSA) is 147 Å². The van der Waals surface area contributed by atoms with Crippen LogP contribution in [0.1, 0.15) is 25.7 Å². The number of hydrogen-bond acceptors (Lipinski definition) is 9. The van der Waals surface area contributed by atoms with Crippen LogP contribution in [0.5, 0.6) is 0 Å². The van der Waals surface area contributed by atoms with Gasteiger partial charge in [-0.25, -0.2) is 4.79 Å². The molecule has 6 aliphatic rings. The third-order valence-corrected chi connectivity index (χ3v) is 7.30. The molecule has 2 aliphatic carbocycles. The van der Waals surface area contributed by atoms with Crippen molar-refractivity contribution in [3.63, 3.8) is 0 Å². The van der Waals surface area contributed by atoms with Crippen LogP contribution in [0.4, 0.5) is 4.79 Å². The first-order chi connectivity index (χ1) is 14.9. The summed E-state index contributed by atoms with van der Waals surface area (Å²) in [5.41, 5.74) is 5.35. The number of allylic oxidation sites excluding steroid dienone is 4. The Morgan fingerprint density at radius 1 is 1.26 bits per heavy atom. The first-order valence-electron chi connectivity index (χ1n) is 10.4. The second kappa shape index (κ2) is 6.04. The smallest absolute Gasteiger partial charge is 0.404 e. The van der Waals surface area contributed by atoms with Crippen LogP contribution in [0, 0.1) is 5.92 Å². The van der Waals surface area contributed by atoms with E-state index in [0.717, 1.165) is 0 Å². The normalized spacial score (nSPS) is 35.5. The first-order valence-corrected chi connectivity index (χ1v) is 10.4. The summed E-state index contributed by atoms with van der Waals surface area (Å²) in [6, 6.07) is -0.00349. The lowest BCUT2D eigenvalue weighted by molar-refractivity contribution is -0.137. The zero-order valence-electron chi connectivity index (χ0n) is 16.9. The van der Waals surface area contributed by atoms with Crippen LogP contribution in [-0.2, 0) is 28.6 Å². The number of Topliss-reactive ketones (excluding diaryl/α,β-unsaturated/α-hetero) is 3. The number of nitrogens with two attached hydrogens (primary N) is 1. The van der Waals surface area contributed by atoms with Crippen LogP contribution in [0.3, 0.4) is 0 Å². The second-order valence-electron chi connectivity index (χ2n) is 8.69. The maximum absolute atomic E-state index is 13.6. The molecule has 162 valence electrons. The lowest BCUT2D eigenvalue weighted by Crippen LogP contribution is -2.55. The van der Waals surface area contributed by atoms with Crippen molar-refractivity contribution >= 4 is 23.4 Å². The molecule has 0 radical (unpaired) electrons. The maximum Gasteiger partial charge on any atom is 0.404 e. The summed E-state index contributed by atoms with van der Waals surface area (Å²) in [5.74, 6) is -1.04. The fourth-order valence-electron chi connectivity index (χ4n) is 5.94. The molecule has 4 aliphatic heterocycles. The second-order valence-corrected chi connectivity index (χ2v) is 8.69. The molecule has 0 aromatic rings. The number of nitrogens with zero attached hydrogens (tertiary/aromatic N) is 1. The molecule has 31 heavy (non-hydrogen) atoms. The first kappa shape index (κ1) is 18.8. The largest absolute Gasteiger partial charge is 0.457 e. The van der Waals surface area contributed by atoms with Gasteiger partial charge in [-0.3, -0.25) is 14.4 Å². The minimum atomic E-state index is -1.03. The van der Waals surface area contributed by atoms with Gasteiger partial charge in [0.2, 0.25) is 11.6 Å². The number of primary amides is 1. The van der Waals surface area contributed by atoms with E-state index in [2.05, 4.69) is 5.32 Å². The van der Waals surface area contributed by atoms with Gasteiger partial charge in [0.05, 0.1) is 23.2 Å². The summed E-state index contributed by atoms with van der Waals surface area (Å²) in [4.78, 5) is 52.8. The number of carbonyl (C=O) groups is 4. The fraction of sp³-hybridized carbons (Fsp3) is 0.524. The van der Waals surface area contributed by atoms with E-state index in [-0.39, 0.29) is 59.3 Å². The number of hydrogen-bond donors (Lipinski definition) is 2. The Kier molecular flexibility index (Phi) is 3.66. The Hall–Kier alpha value is -2.98. The molecular weight excluding hydrogens is 406 g/mol. The van der Waals surface area contributed by atoms with Crippen LogP contribution in [-0.4, -0.2) is 66.4 Å². The van der Waals surface area contributed by atoms with E-state index in [0.29, 0.717) is 37.1 Å². The summed E-state index contributed by atoms with van der Waals surface area (Å²) in [5, 5.41) is 3.31. The molecule has 3 N–H and O–H groups in total. The van der Waals surface area contributed by atoms with Crippen LogP contribution in [0.2, 0.25) is 0 Å². The van der Waals surface area contributed by atoms with E-state index in [4.69, 9.17) is 19.9 Å². The van der Waals surface area contributed by atoms with Crippen molar-refractivity contribution in [2.75, 3.05) is 20.3 Å². The fourth-order valence-corrected chi connectivity index (χ4v) is 5.94. The highest BCUT2D eigenvalue weighted by molar-refractivity contribution is 6.26. The van der Waals surface area contributed by atoms with Gasteiger partial charge in [0.15, 0.2) is 17.3 Å². The Labute approximate surface area is 177 Å². The Balaban J connectivity index is 1.44. The molecule has 0 spiro atoms. The van der Waals surface area contributed by atoms with Crippen LogP contribution in [0.15, 0.2) is 33.9 Å². The quantitative estimate of drug-likeness (QED) is 0.461. The Morgan fingerprint density at radius 2 is 2.06 bits per heavy atom. The van der Waals surface area contributed by atoms with Crippen LogP contribution < -0.4 is 11.1 Å². The number of fused-ring (bicyclic) bond motifs is 4. The molecule has 4 atom stereocenters. The maximum atomic E-state index is 13.6.